The van der Waals surface area contributed by atoms with Crippen molar-refractivity contribution in [1.29, 1.82) is 0 Å². The second-order valence-corrected chi connectivity index (χ2v) is 1.36. The minimum Gasteiger partial charge on any atom is -0.294 e. The number of nitrogens with two attached hydrogens (primary N) is 1. The fraction of sp³-hybridized carbons (Fsp3) is 0.333. The first kappa shape index (κ1) is 5.04. The van der Waals surface area contributed by atoms with E-state index in [1.807, 2.05) is 0 Å². The Hall–Kier alpha value is -1.10. The fourth-order valence-corrected chi connectivity index (χ4v) is 0.444. The molecule has 4 N–H and O–H groups in total. The van der Waals surface area contributed by atoms with E-state index in [1.54, 1.807) is 0 Å². The number of hydrogen-bond acceptors (Lipinski definition) is 4. The molecule has 5 heteroatoms. The van der Waals surface area contributed by atoms with Crippen LogP contribution in [0, 0.1) is 0 Å². The van der Waals surface area contributed by atoms with Gasteiger partial charge in [0.05, 0.1) is 0 Å². The quantitative estimate of drug-likeness (QED) is 0.250. The number of carbonyl (C=O) groups excluding carboxylic acids is 1. The molecule has 0 spiro atoms. The number of carbonyl (C=O) groups is 1. The lowest BCUT2D eigenvalue weighted by Gasteiger charge is -1.94. The van der Waals surface area contributed by atoms with E-state index in [1.165, 1.54) is 0 Å². The summed E-state index contributed by atoms with van der Waals surface area (Å²) in [5, 5.41) is 2.38. The lowest BCUT2D eigenvalue weighted by atomic mass is 10.7. The second-order valence-electron chi connectivity index (χ2n) is 1.36. The number of nitrogens with one attached hydrogen (secondary N) is 2. The monoisotopic (exact) mass is 114 g/mol. The van der Waals surface area contributed by atoms with E-state index in [0.29, 0.717) is 5.96 Å². The number of rotatable bonds is 0. The van der Waals surface area contributed by atoms with Crippen LogP contribution in [0.5, 0.6) is 0 Å². The largest absolute Gasteiger partial charge is 0.294 e. The van der Waals surface area contributed by atoms with E-state index in [9.17, 15) is 4.79 Å². The molecule has 0 saturated heterocycles. The molecule has 1 aliphatic heterocycles. The molecule has 0 aromatic carbocycles. The average Bonchev–Trinajstić information content (AvgIpc) is 2.14. The third-order valence-corrected chi connectivity index (χ3v) is 0.775. The highest BCUT2D eigenvalue weighted by atomic mass is 16.2. The standard InChI is InChI=1S/C3H6N4O/c4-7-3-5-1-2(8)6-3/h1,4H2,(H2,5,6,7,8). The van der Waals surface area contributed by atoms with Crippen molar-refractivity contribution in [3.8, 4) is 0 Å². The Morgan fingerprint density at radius 2 is 2.62 bits per heavy atom. The van der Waals surface area contributed by atoms with E-state index >= 15 is 0 Å². The van der Waals surface area contributed by atoms with Crippen LogP contribution in [-0.2, 0) is 4.79 Å². The maximum atomic E-state index is 10.3. The molecule has 8 heavy (non-hydrogen) atoms. The van der Waals surface area contributed by atoms with Gasteiger partial charge in [0.25, 0.3) is 0 Å². The average molecular weight is 114 g/mol. The first-order chi connectivity index (χ1) is 3.83. The summed E-state index contributed by atoms with van der Waals surface area (Å²) in [5.41, 5.74) is 2.21. The molecule has 44 valence electrons. The molecule has 0 atom stereocenters. The van der Waals surface area contributed by atoms with E-state index in [4.69, 9.17) is 5.84 Å². The van der Waals surface area contributed by atoms with Gasteiger partial charge in [-0.1, -0.05) is 0 Å². The first-order valence-corrected chi connectivity index (χ1v) is 2.14. The van der Waals surface area contributed by atoms with Crippen molar-refractivity contribution in [1.82, 2.24) is 10.7 Å². The molecule has 0 unspecified atom stereocenters. The van der Waals surface area contributed by atoms with Crippen LogP contribution in [0.2, 0.25) is 0 Å². The Morgan fingerprint density at radius 1 is 1.88 bits per heavy atom. The molecule has 0 saturated carbocycles. The predicted octanol–water partition coefficient (Wildman–Crippen LogP) is -2.06. The smallest absolute Gasteiger partial charge is 0.248 e. The summed E-state index contributed by atoms with van der Waals surface area (Å²) in [6.07, 6.45) is 0. The molecule has 5 nitrogen and oxygen atoms in total. The number of hydrazine groups is 1. The van der Waals surface area contributed by atoms with Gasteiger partial charge >= 0.3 is 0 Å². The molecule has 0 aromatic heterocycles. The van der Waals surface area contributed by atoms with E-state index in [-0.39, 0.29) is 12.5 Å². The van der Waals surface area contributed by atoms with Gasteiger partial charge in [0.2, 0.25) is 11.9 Å². The molecule has 1 rings (SSSR count). The normalized spacial score (nSPS) is 17.6. The molecule has 0 aromatic rings. The summed E-state index contributed by atoms with van der Waals surface area (Å²) in [6.45, 7) is 0.180. The molecule has 1 heterocycles. The summed E-state index contributed by atoms with van der Waals surface area (Å²) in [5.74, 6) is 5.12. The minimum absolute atomic E-state index is 0.127. The van der Waals surface area contributed by atoms with Crippen molar-refractivity contribution < 1.29 is 4.79 Å². The van der Waals surface area contributed by atoms with Gasteiger partial charge in [0.15, 0.2) is 0 Å². The lowest BCUT2D eigenvalue weighted by Crippen LogP contribution is -2.40. The van der Waals surface area contributed by atoms with Crippen molar-refractivity contribution in [2.45, 2.75) is 0 Å². The maximum Gasteiger partial charge on any atom is 0.248 e. The van der Waals surface area contributed by atoms with Crippen molar-refractivity contribution in [2.75, 3.05) is 6.54 Å². The van der Waals surface area contributed by atoms with Crippen LogP contribution in [0.3, 0.4) is 0 Å². The van der Waals surface area contributed by atoms with Crippen molar-refractivity contribution >= 4 is 11.9 Å². The van der Waals surface area contributed by atoms with Gasteiger partial charge in [-0.2, -0.15) is 0 Å². The van der Waals surface area contributed by atoms with E-state index in [2.05, 4.69) is 15.7 Å². The van der Waals surface area contributed by atoms with Gasteiger partial charge in [-0.15, -0.1) is 0 Å². The fourth-order valence-electron chi connectivity index (χ4n) is 0.444. The highest BCUT2D eigenvalue weighted by Gasteiger charge is 2.09. The first-order valence-electron chi connectivity index (χ1n) is 2.14. The number of hydrogen-bond donors (Lipinski definition) is 3. The molecule has 1 aliphatic rings. The van der Waals surface area contributed by atoms with Crippen molar-refractivity contribution in [3.05, 3.63) is 0 Å². The Bertz CT molecular complexity index is 140. The van der Waals surface area contributed by atoms with Crippen LogP contribution in [0.25, 0.3) is 0 Å². The van der Waals surface area contributed by atoms with Gasteiger partial charge in [-0.05, 0) is 0 Å². The third-order valence-electron chi connectivity index (χ3n) is 0.775. The van der Waals surface area contributed by atoms with Gasteiger partial charge in [-0.3, -0.25) is 15.5 Å². The van der Waals surface area contributed by atoms with Gasteiger partial charge in [-0.25, -0.2) is 10.8 Å². The van der Waals surface area contributed by atoms with Crippen LogP contribution in [-0.4, -0.2) is 18.4 Å². The Morgan fingerprint density at radius 3 is 2.88 bits per heavy atom. The van der Waals surface area contributed by atoms with Gasteiger partial charge in [0.1, 0.15) is 6.54 Å². The summed E-state index contributed by atoms with van der Waals surface area (Å²) < 4.78 is 0. The Labute approximate surface area is 45.9 Å². The van der Waals surface area contributed by atoms with Crippen LogP contribution in [0.1, 0.15) is 0 Å². The number of aliphatic imine (C=N–C) groups is 1. The van der Waals surface area contributed by atoms with Crippen LogP contribution >= 0.6 is 0 Å². The van der Waals surface area contributed by atoms with Crippen molar-refractivity contribution in [2.24, 2.45) is 10.8 Å². The zero-order valence-corrected chi connectivity index (χ0v) is 4.14. The second kappa shape index (κ2) is 1.79. The van der Waals surface area contributed by atoms with Crippen molar-refractivity contribution in [3.63, 3.8) is 0 Å². The summed E-state index contributed by atoms with van der Waals surface area (Å²) >= 11 is 0. The summed E-state index contributed by atoms with van der Waals surface area (Å²) in [7, 11) is 0. The van der Waals surface area contributed by atoms with E-state index < -0.39 is 0 Å². The van der Waals surface area contributed by atoms with Gasteiger partial charge in [0, 0.05) is 0 Å². The molecular formula is C3H6N4O. The predicted molar refractivity (Wildman–Crippen MR) is 27.8 cm³/mol. The Kier molecular flexibility index (Phi) is 1.13. The highest BCUT2D eigenvalue weighted by molar-refractivity contribution is 6.02. The Balaban J connectivity index is 2.49. The van der Waals surface area contributed by atoms with Crippen LogP contribution in [0.15, 0.2) is 4.99 Å². The molecule has 0 radical (unpaired) electrons. The van der Waals surface area contributed by atoms with Crippen LogP contribution < -0.4 is 16.6 Å². The lowest BCUT2D eigenvalue weighted by molar-refractivity contribution is -0.117. The molecular weight excluding hydrogens is 108 g/mol. The SMILES string of the molecule is NNC1=NCC(=O)N1. The molecule has 0 aliphatic carbocycles. The topological polar surface area (TPSA) is 79.5 Å². The highest BCUT2D eigenvalue weighted by Crippen LogP contribution is 1.80. The number of guanidine groups is 1. The molecule has 0 fully saturated rings. The zero-order chi connectivity index (χ0) is 5.98. The molecule has 1 amide bonds. The summed E-state index contributed by atoms with van der Waals surface area (Å²) in [4.78, 5) is 13.9. The maximum absolute atomic E-state index is 10.3. The number of nitrogens with zero attached hydrogens (tertiary/aromatic N) is 1. The zero-order valence-electron chi connectivity index (χ0n) is 4.14. The van der Waals surface area contributed by atoms with E-state index in [0.717, 1.165) is 0 Å². The third kappa shape index (κ3) is 0.760. The summed E-state index contributed by atoms with van der Waals surface area (Å²) in [6, 6.07) is 0. The number of amides is 1. The van der Waals surface area contributed by atoms with Gasteiger partial charge < -0.3 is 0 Å². The minimum atomic E-state index is -0.127. The van der Waals surface area contributed by atoms with Crippen LogP contribution in [0.4, 0.5) is 0 Å². The molecule has 0 bridgehead atoms.